The van der Waals surface area contributed by atoms with Crippen LogP contribution in [0.15, 0.2) is 0 Å². The number of halogens is 1. The van der Waals surface area contributed by atoms with Gasteiger partial charge in [0.2, 0.25) is 0 Å². The third-order valence-corrected chi connectivity index (χ3v) is 4.86. The van der Waals surface area contributed by atoms with Crippen molar-refractivity contribution in [1.29, 1.82) is 0 Å². The Hall–Kier alpha value is 0.200. The van der Waals surface area contributed by atoms with Crippen molar-refractivity contribution in [2.24, 2.45) is 16.7 Å². The van der Waals surface area contributed by atoms with E-state index in [1.54, 1.807) is 0 Å². The second-order valence-electron chi connectivity index (χ2n) is 6.60. The predicted octanol–water partition coefficient (Wildman–Crippen LogP) is 4.45. The molecule has 0 aliphatic rings. The van der Waals surface area contributed by atoms with Gasteiger partial charge in [0.25, 0.3) is 0 Å². The molecule has 0 saturated carbocycles. The molecule has 0 spiro atoms. The molecule has 3 heteroatoms. The summed E-state index contributed by atoms with van der Waals surface area (Å²) in [7, 11) is 0. The fraction of sp³-hybridized carbons (Fsp3) is 0.929. The normalized spacial score (nSPS) is 18.4. The van der Waals surface area contributed by atoms with Gasteiger partial charge in [-0.1, -0.05) is 50.3 Å². The number of carbonyl (C=O) groups is 1. The van der Waals surface area contributed by atoms with Gasteiger partial charge in [-0.2, -0.15) is 0 Å². The zero-order chi connectivity index (χ0) is 14.0. The van der Waals surface area contributed by atoms with Gasteiger partial charge >= 0.3 is 5.97 Å². The zero-order valence-corrected chi connectivity index (χ0v) is 14.6. The minimum Gasteiger partial charge on any atom is -0.461 e. The summed E-state index contributed by atoms with van der Waals surface area (Å²) in [5, 5.41) is 0. The summed E-state index contributed by atoms with van der Waals surface area (Å²) in [4.78, 5) is 12.2. The average Bonchev–Trinajstić information content (AvgIpc) is 2.14. The monoisotopic (exact) mass is 354 g/mol. The molecule has 2 nitrogen and oxygen atoms in total. The first kappa shape index (κ1) is 17.2. The van der Waals surface area contributed by atoms with Crippen LogP contribution in [0.5, 0.6) is 0 Å². The Balaban J connectivity index is 4.77. The van der Waals surface area contributed by atoms with E-state index in [1.807, 2.05) is 20.8 Å². The van der Waals surface area contributed by atoms with Crippen LogP contribution in [0.1, 0.15) is 55.4 Å². The molecule has 3 atom stereocenters. The van der Waals surface area contributed by atoms with Crippen LogP contribution in [0, 0.1) is 16.7 Å². The summed E-state index contributed by atoms with van der Waals surface area (Å²) < 4.78 is 5.88. The second kappa shape index (κ2) is 5.89. The number of hydrogen-bond acceptors (Lipinski definition) is 2. The Morgan fingerprint density at radius 2 is 1.47 bits per heavy atom. The molecule has 0 N–H and O–H groups in total. The third-order valence-electron chi connectivity index (χ3n) is 3.85. The van der Waals surface area contributed by atoms with Crippen LogP contribution >= 0.6 is 22.6 Å². The molecular weight excluding hydrogens is 327 g/mol. The van der Waals surface area contributed by atoms with Gasteiger partial charge < -0.3 is 4.74 Å². The van der Waals surface area contributed by atoms with Crippen LogP contribution in [-0.4, -0.2) is 16.0 Å². The summed E-state index contributed by atoms with van der Waals surface area (Å²) in [5.74, 6) is 0.176. The Bertz CT molecular complexity index is 264. The first-order chi connectivity index (χ1) is 7.40. The molecule has 17 heavy (non-hydrogen) atoms. The van der Waals surface area contributed by atoms with Crippen LogP contribution in [0.25, 0.3) is 0 Å². The third kappa shape index (κ3) is 4.76. The van der Waals surface area contributed by atoms with Crippen LogP contribution < -0.4 is 0 Å². The molecule has 0 aromatic rings. The van der Waals surface area contributed by atoms with Gasteiger partial charge in [-0.3, -0.25) is 4.79 Å². The van der Waals surface area contributed by atoms with Gasteiger partial charge in [0.05, 0.1) is 5.41 Å². The lowest BCUT2D eigenvalue weighted by Crippen LogP contribution is -2.41. The van der Waals surface area contributed by atoms with E-state index in [1.165, 1.54) is 0 Å². The summed E-state index contributed by atoms with van der Waals surface area (Å²) in [6.45, 7) is 16.6. The minimum atomic E-state index is -0.446. The van der Waals surface area contributed by atoms with E-state index >= 15 is 0 Å². The van der Waals surface area contributed by atoms with Gasteiger partial charge in [-0.15, -0.1) is 0 Å². The van der Waals surface area contributed by atoms with Gasteiger partial charge in [0.15, 0.2) is 0 Å². The smallest absolute Gasteiger partial charge is 0.312 e. The van der Waals surface area contributed by atoms with Crippen molar-refractivity contribution in [1.82, 2.24) is 0 Å². The molecule has 3 unspecified atom stereocenters. The summed E-state index contributed by atoms with van der Waals surface area (Å²) in [6.07, 6.45) is -0.0328. The van der Waals surface area contributed by atoms with E-state index in [0.717, 1.165) is 0 Å². The lowest BCUT2D eigenvalue weighted by molar-refractivity contribution is -0.164. The lowest BCUT2D eigenvalue weighted by Gasteiger charge is -2.39. The Labute approximate surface area is 120 Å². The number of esters is 1. The maximum atomic E-state index is 12.2. The van der Waals surface area contributed by atoms with Crippen LogP contribution in [0.3, 0.4) is 0 Å². The van der Waals surface area contributed by atoms with E-state index in [2.05, 4.69) is 57.2 Å². The van der Waals surface area contributed by atoms with Crippen LogP contribution in [-0.2, 0) is 9.53 Å². The second-order valence-corrected chi connectivity index (χ2v) is 8.56. The largest absolute Gasteiger partial charge is 0.461 e. The number of carbonyl (C=O) groups excluding carboxylic acids is 1. The molecular formula is C14H27IO2. The van der Waals surface area contributed by atoms with Crippen molar-refractivity contribution >= 4 is 28.6 Å². The summed E-state index contributed by atoms with van der Waals surface area (Å²) in [6, 6.07) is 0. The topological polar surface area (TPSA) is 26.3 Å². The Morgan fingerprint density at radius 1 is 1.06 bits per heavy atom. The van der Waals surface area contributed by atoms with E-state index in [0.29, 0.717) is 3.92 Å². The van der Waals surface area contributed by atoms with Crippen molar-refractivity contribution in [2.75, 3.05) is 0 Å². The molecule has 0 radical (unpaired) electrons. The highest BCUT2D eigenvalue weighted by molar-refractivity contribution is 14.1. The van der Waals surface area contributed by atoms with E-state index < -0.39 is 5.41 Å². The zero-order valence-electron chi connectivity index (χ0n) is 12.4. The van der Waals surface area contributed by atoms with E-state index in [9.17, 15) is 4.79 Å². The quantitative estimate of drug-likeness (QED) is 0.424. The maximum absolute atomic E-state index is 12.2. The van der Waals surface area contributed by atoms with Crippen molar-refractivity contribution in [3.63, 3.8) is 0 Å². The minimum absolute atomic E-state index is 0.0328. The highest BCUT2D eigenvalue weighted by Gasteiger charge is 2.42. The maximum Gasteiger partial charge on any atom is 0.312 e. The van der Waals surface area contributed by atoms with E-state index in [-0.39, 0.29) is 23.4 Å². The molecule has 102 valence electrons. The van der Waals surface area contributed by atoms with Gasteiger partial charge in [0, 0.05) is 3.92 Å². The average molecular weight is 354 g/mol. The van der Waals surface area contributed by atoms with Gasteiger partial charge in [-0.05, 0) is 39.0 Å². The molecule has 0 heterocycles. The van der Waals surface area contributed by atoms with Gasteiger partial charge in [0.1, 0.15) is 6.10 Å². The number of alkyl halides is 1. The Kier molecular flexibility index (Phi) is 5.96. The van der Waals surface area contributed by atoms with Gasteiger partial charge in [-0.25, -0.2) is 0 Å². The molecule has 0 aliphatic heterocycles. The standard InChI is InChI=1S/C14H27IO2/c1-9(15)10(2)17-12(16)14(7,8)11(3)13(4,5)6/h9-11H,1-8H3. The van der Waals surface area contributed by atoms with Crippen molar-refractivity contribution < 1.29 is 9.53 Å². The highest BCUT2D eigenvalue weighted by atomic mass is 127. The number of rotatable bonds is 4. The van der Waals surface area contributed by atoms with Crippen molar-refractivity contribution in [2.45, 2.75) is 65.4 Å². The number of hydrogen-bond donors (Lipinski definition) is 0. The predicted molar refractivity (Wildman–Crippen MR) is 81.4 cm³/mol. The molecule has 0 amide bonds. The molecule has 0 aromatic carbocycles. The number of ether oxygens (including phenoxy) is 1. The fourth-order valence-electron chi connectivity index (χ4n) is 1.67. The first-order valence-corrected chi connectivity index (χ1v) is 7.50. The molecule has 0 aliphatic carbocycles. The molecule has 0 saturated heterocycles. The Morgan fingerprint density at radius 3 is 1.76 bits per heavy atom. The van der Waals surface area contributed by atoms with Crippen molar-refractivity contribution in [3.8, 4) is 0 Å². The first-order valence-electron chi connectivity index (χ1n) is 6.25. The molecule has 0 bridgehead atoms. The summed E-state index contributed by atoms with van der Waals surface area (Å²) >= 11 is 2.29. The van der Waals surface area contributed by atoms with Crippen LogP contribution in [0.4, 0.5) is 0 Å². The SMILES string of the molecule is CC(I)C(C)OC(=O)C(C)(C)C(C)C(C)(C)C. The highest BCUT2D eigenvalue weighted by Crippen LogP contribution is 2.40. The molecule has 0 aromatic heterocycles. The summed E-state index contributed by atoms with van der Waals surface area (Å²) in [5.41, 5.74) is -0.347. The van der Waals surface area contributed by atoms with Crippen LogP contribution in [0.2, 0.25) is 0 Å². The van der Waals surface area contributed by atoms with Crippen molar-refractivity contribution in [3.05, 3.63) is 0 Å². The lowest BCUT2D eigenvalue weighted by atomic mass is 9.67. The molecule has 0 rings (SSSR count). The molecule has 0 fully saturated rings. The van der Waals surface area contributed by atoms with E-state index in [4.69, 9.17) is 4.74 Å². The fourth-order valence-corrected chi connectivity index (χ4v) is 1.82.